The Morgan fingerprint density at radius 1 is 1.37 bits per heavy atom. The number of thiazole rings is 1. The van der Waals surface area contributed by atoms with Crippen molar-refractivity contribution in [3.05, 3.63) is 29.0 Å². The first kappa shape index (κ1) is 19.5. The number of nitrogens with zero attached hydrogens (tertiary/aromatic N) is 3. The fourth-order valence-corrected chi connectivity index (χ4v) is 4.15. The highest BCUT2D eigenvalue weighted by atomic mass is 32.1. The molecule has 0 bridgehead atoms. The standard InChI is InChI=1S/C19H26N4O3S/c1-3-7-14-12-16(22-21-14)18(25)26-13(2)17(24)23(19-20-10-11-27-19)15-8-5-4-6-9-15/h10-13,15H,3-9H2,1-2H3,(H,21,22). The number of ether oxygens (including phenoxy) is 1. The fourth-order valence-electron chi connectivity index (χ4n) is 3.44. The first-order valence-electron chi connectivity index (χ1n) is 9.58. The summed E-state index contributed by atoms with van der Waals surface area (Å²) in [6.45, 7) is 3.67. The van der Waals surface area contributed by atoms with E-state index in [1.807, 2.05) is 5.38 Å². The summed E-state index contributed by atoms with van der Waals surface area (Å²) in [5, 5.41) is 9.35. The number of H-pyrrole nitrogens is 1. The van der Waals surface area contributed by atoms with Gasteiger partial charge in [-0.25, -0.2) is 9.78 Å². The van der Waals surface area contributed by atoms with E-state index >= 15 is 0 Å². The summed E-state index contributed by atoms with van der Waals surface area (Å²) in [6.07, 6.45) is 7.86. The Kier molecular flexibility index (Phi) is 6.60. The van der Waals surface area contributed by atoms with Crippen molar-refractivity contribution in [3.63, 3.8) is 0 Å². The lowest BCUT2D eigenvalue weighted by molar-refractivity contribution is -0.127. The highest BCUT2D eigenvalue weighted by molar-refractivity contribution is 7.13. The molecule has 2 heterocycles. The van der Waals surface area contributed by atoms with Crippen LogP contribution in [-0.2, 0) is 16.0 Å². The SMILES string of the molecule is CCCc1cc(C(=O)OC(C)C(=O)N(c2nccs2)C2CCCCC2)n[nH]1. The molecule has 1 unspecified atom stereocenters. The van der Waals surface area contributed by atoms with Gasteiger partial charge in [0.05, 0.1) is 0 Å². The first-order chi connectivity index (χ1) is 13.1. The van der Waals surface area contributed by atoms with Gasteiger partial charge in [0.25, 0.3) is 5.91 Å². The number of carbonyl (C=O) groups is 2. The van der Waals surface area contributed by atoms with E-state index in [1.54, 1.807) is 24.1 Å². The fraction of sp³-hybridized carbons (Fsp3) is 0.579. The number of anilines is 1. The number of hydrogen-bond acceptors (Lipinski definition) is 6. The van der Waals surface area contributed by atoms with Crippen molar-refractivity contribution >= 4 is 28.3 Å². The van der Waals surface area contributed by atoms with Crippen LogP contribution < -0.4 is 4.90 Å². The Balaban J connectivity index is 1.69. The van der Waals surface area contributed by atoms with Crippen molar-refractivity contribution in [1.29, 1.82) is 0 Å². The molecule has 0 spiro atoms. The molecular formula is C19H26N4O3S. The van der Waals surface area contributed by atoms with Crippen LogP contribution in [0.1, 0.15) is 68.6 Å². The topological polar surface area (TPSA) is 88.2 Å². The molecule has 1 aliphatic carbocycles. The van der Waals surface area contributed by atoms with Crippen molar-refractivity contribution in [1.82, 2.24) is 15.2 Å². The van der Waals surface area contributed by atoms with Crippen LogP contribution in [0.4, 0.5) is 5.13 Å². The second-order valence-electron chi connectivity index (χ2n) is 6.89. The summed E-state index contributed by atoms with van der Waals surface area (Å²) in [7, 11) is 0. The minimum Gasteiger partial charge on any atom is -0.448 e. The van der Waals surface area contributed by atoms with Crippen LogP contribution in [0.3, 0.4) is 0 Å². The van der Waals surface area contributed by atoms with Crippen molar-refractivity contribution in [2.75, 3.05) is 4.90 Å². The summed E-state index contributed by atoms with van der Waals surface area (Å²) >= 11 is 1.43. The molecule has 2 aromatic rings. The monoisotopic (exact) mass is 390 g/mol. The summed E-state index contributed by atoms with van der Waals surface area (Å²) < 4.78 is 5.42. The number of aromatic nitrogens is 3. The van der Waals surface area contributed by atoms with Crippen LogP contribution in [0.5, 0.6) is 0 Å². The minimum atomic E-state index is -0.894. The number of nitrogens with one attached hydrogen (secondary N) is 1. The van der Waals surface area contributed by atoms with Gasteiger partial charge >= 0.3 is 5.97 Å². The smallest absolute Gasteiger partial charge is 0.359 e. The largest absolute Gasteiger partial charge is 0.448 e. The van der Waals surface area contributed by atoms with Gasteiger partial charge in [0.15, 0.2) is 16.9 Å². The molecule has 27 heavy (non-hydrogen) atoms. The van der Waals surface area contributed by atoms with Crippen LogP contribution in [0.25, 0.3) is 0 Å². The summed E-state index contributed by atoms with van der Waals surface area (Å²) in [4.78, 5) is 31.5. The quantitative estimate of drug-likeness (QED) is 0.728. The number of hydrogen-bond donors (Lipinski definition) is 1. The average molecular weight is 391 g/mol. The number of aryl methyl sites for hydroxylation is 1. The van der Waals surface area contributed by atoms with Crippen molar-refractivity contribution < 1.29 is 14.3 Å². The zero-order valence-corrected chi connectivity index (χ0v) is 16.6. The van der Waals surface area contributed by atoms with Gasteiger partial charge in [-0.15, -0.1) is 11.3 Å². The third kappa shape index (κ3) is 4.74. The maximum Gasteiger partial charge on any atom is 0.359 e. The number of esters is 1. The minimum absolute atomic E-state index is 0.111. The number of amides is 1. The molecular weight excluding hydrogens is 364 g/mol. The molecule has 1 atom stereocenters. The lowest BCUT2D eigenvalue weighted by Crippen LogP contribution is -2.47. The molecule has 3 rings (SSSR count). The van der Waals surface area contributed by atoms with Crippen LogP contribution in [0.15, 0.2) is 17.6 Å². The zero-order valence-electron chi connectivity index (χ0n) is 15.8. The van der Waals surface area contributed by atoms with Crippen molar-refractivity contribution in [2.45, 2.75) is 70.9 Å². The van der Waals surface area contributed by atoms with Gasteiger partial charge in [0, 0.05) is 23.3 Å². The van der Waals surface area contributed by atoms with E-state index in [0.29, 0.717) is 5.13 Å². The predicted molar refractivity (Wildman–Crippen MR) is 104 cm³/mol. The van der Waals surface area contributed by atoms with Crippen molar-refractivity contribution in [3.8, 4) is 0 Å². The number of aromatic amines is 1. The second kappa shape index (κ2) is 9.12. The molecule has 0 saturated heterocycles. The summed E-state index contributed by atoms with van der Waals surface area (Å²) in [5.41, 5.74) is 1.09. The molecule has 1 saturated carbocycles. The van der Waals surface area contributed by atoms with Gasteiger partial charge in [-0.05, 0) is 32.3 Å². The third-order valence-electron chi connectivity index (χ3n) is 4.79. The first-order valence-corrected chi connectivity index (χ1v) is 10.5. The predicted octanol–water partition coefficient (Wildman–Crippen LogP) is 3.73. The second-order valence-corrected chi connectivity index (χ2v) is 7.76. The Labute approximate surface area is 163 Å². The average Bonchev–Trinajstić information content (AvgIpc) is 3.35. The number of rotatable bonds is 7. The molecule has 0 radical (unpaired) electrons. The van der Waals surface area contributed by atoms with Crippen LogP contribution in [0.2, 0.25) is 0 Å². The van der Waals surface area contributed by atoms with E-state index in [4.69, 9.17) is 4.74 Å². The maximum absolute atomic E-state index is 13.1. The Morgan fingerprint density at radius 2 is 2.15 bits per heavy atom. The molecule has 1 N–H and O–H groups in total. The lowest BCUT2D eigenvalue weighted by Gasteiger charge is -2.33. The van der Waals surface area contributed by atoms with E-state index in [2.05, 4.69) is 22.1 Å². The van der Waals surface area contributed by atoms with Gasteiger partial charge in [0.1, 0.15) is 0 Å². The van der Waals surface area contributed by atoms with Gasteiger partial charge < -0.3 is 4.74 Å². The zero-order chi connectivity index (χ0) is 19.2. The van der Waals surface area contributed by atoms with Gasteiger partial charge in [-0.2, -0.15) is 5.10 Å². The molecule has 0 aliphatic heterocycles. The van der Waals surface area contributed by atoms with Gasteiger partial charge in [-0.3, -0.25) is 14.8 Å². The van der Waals surface area contributed by atoms with E-state index < -0.39 is 12.1 Å². The van der Waals surface area contributed by atoms with Gasteiger partial charge in [-0.1, -0.05) is 32.6 Å². The highest BCUT2D eigenvalue weighted by Crippen LogP contribution is 2.29. The molecule has 1 fully saturated rings. The molecule has 1 amide bonds. The molecule has 7 nitrogen and oxygen atoms in total. The molecule has 0 aromatic carbocycles. The third-order valence-corrected chi connectivity index (χ3v) is 5.56. The Morgan fingerprint density at radius 3 is 2.81 bits per heavy atom. The summed E-state index contributed by atoms with van der Waals surface area (Å²) in [5.74, 6) is -0.813. The maximum atomic E-state index is 13.1. The van der Waals surface area contributed by atoms with E-state index in [-0.39, 0.29) is 17.6 Å². The summed E-state index contributed by atoms with van der Waals surface area (Å²) in [6, 6.07) is 1.79. The molecule has 1 aliphatic rings. The van der Waals surface area contributed by atoms with Crippen LogP contribution in [-0.4, -0.2) is 39.2 Å². The molecule has 2 aromatic heterocycles. The Hall–Kier alpha value is -2.22. The van der Waals surface area contributed by atoms with Crippen molar-refractivity contribution in [2.24, 2.45) is 0 Å². The van der Waals surface area contributed by atoms with E-state index in [9.17, 15) is 9.59 Å². The molecule has 8 heteroatoms. The van der Waals surface area contributed by atoms with E-state index in [1.165, 1.54) is 17.8 Å². The van der Waals surface area contributed by atoms with E-state index in [0.717, 1.165) is 44.2 Å². The van der Waals surface area contributed by atoms with Crippen LogP contribution >= 0.6 is 11.3 Å². The molecule has 146 valence electrons. The van der Waals surface area contributed by atoms with Crippen LogP contribution in [0, 0.1) is 0 Å². The Bertz CT molecular complexity index is 753. The normalized spacial score (nSPS) is 16.1. The number of carbonyl (C=O) groups excluding carboxylic acids is 2. The lowest BCUT2D eigenvalue weighted by atomic mass is 9.94. The van der Waals surface area contributed by atoms with Gasteiger partial charge in [0.2, 0.25) is 0 Å². The highest BCUT2D eigenvalue weighted by Gasteiger charge is 2.33.